The molecule has 0 aromatic heterocycles. The maximum Gasteiger partial charge on any atom is 0.0762 e. The van der Waals surface area contributed by atoms with Crippen molar-refractivity contribution in [2.45, 2.75) is 59.1 Å². The largest absolute Gasteiger partial charge is 0.398 e. The summed E-state index contributed by atoms with van der Waals surface area (Å²) in [4.78, 5) is 2.47. The number of aliphatic hydroxyl groups excluding tert-OH is 1. The van der Waals surface area contributed by atoms with Gasteiger partial charge in [-0.25, -0.2) is 0 Å². The smallest absolute Gasteiger partial charge is 0.0762 e. The Morgan fingerprint density at radius 2 is 1.76 bits per heavy atom. The van der Waals surface area contributed by atoms with E-state index in [0.29, 0.717) is 0 Å². The third kappa shape index (κ3) is 5.97. The molecule has 21 heavy (non-hydrogen) atoms. The lowest BCUT2D eigenvalue weighted by Gasteiger charge is -2.24. The summed E-state index contributed by atoms with van der Waals surface area (Å²) >= 11 is 3.51. The molecule has 0 aliphatic carbocycles. The van der Waals surface area contributed by atoms with Gasteiger partial charge in [0.2, 0.25) is 0 Å². The van der Waals surface area contributed by atoms with Crippen LogP contribution in [0.3, 0.4) is 0 Å². The number of rotatable bonds is 9. The number of nitrogen functional groups attached to an aromatic ring is 1. The van der Waals surface area contributed by atoms with Crippen LogP contribution < -0.4 is 5.73 Å². The maximum atomic E-state index is 9.81. The second-order valence-corrected chi connectivity index (χ2v) is 6.59. The van der Waals surface area contributed by atoms with E-state index in [1.165, 1.54) is 25.7 Å². The first-order valence-electron chi connectivity index (χ1n) is 7.97. The summed E-state index contributed by atoms with van der Waals surface area (Å²) in [6, 6.07) is 3.95. The van der Waals surface area contributed by atoms with E-state index in [9.17, 15) is 5.11 Å². The average Bonchev–Trinajstić information content (AvgIpc) is 2.45. The van der Waals surface area contributed by atoms with Gasteiger partial charge in [-0.1, -0.05) is 26.7 Å². The van der Waals surface area contributed by atoms with Crippen LogP contribution in [0, 0.1) is 0 Å². The Morgan fingerprint density at radius 3 is 2.24 bits per heavy atom. The van der Waals surface area contributed by atoms with Crippen LogP contribution in [0.25, 0.3) is 0 Å². The first-order valence-corrected chi connectivity index (χ1v) is 8.77. The molecule has 1 unspecified atom stereocenters. The van der Waals surface area contributed by atoms with Gasteiger partial charge in [-0.15, -0.1) is 0 Å². The molecular formula is C17H29BrN2O. The fourth-order valence-electron chi connectivity index (χ4n) is 2.34. The van der Waals surface area contributed by atoms with E-state index < -0.39 is 6.10 Å². The summed E-state index contributed by atoms with van der Waals surface area (Å²) in [5.74, 6) is 0. The van der Waals surface area contributed by atoms with Crippen molar-refractivity contribution < 1.29 is 5.11 Å². The fourth-order valence-corrected chi connectivity index (χ4v) is 2.86. The molecule has 1 atom stereocenters. The van der Waals surface area contributed by atoms with Crippen molar-refractivity contribution in [2.24, 2.45) is 0 Å². The summed E-state index contributed by atoms with van der Waals surface area (Å²) < 4.78 is 0.877. The van der Waals surface area contributed by atoms with Crippen LogP contribution in [0.15, 0.2) is 16.6 Å². The highest BCUT2D eigenvalue weighted by Gasteiger charge is 2.13. The van der Waals surface area contributed by atoms with Crippen molar-refractivity contribution in [3.8, 4) is 0 Å². The summed E-state index contributed by atoms with van der Waals surface area (Å²) in [6.07, 6.45) is 4.35. The molecule has 0 aliphatic rings. The Labute approximate surface area is 137 Å². The van der Waals surface area contributed by atoms with E-state index in [2.05, 4.69) is 34.7 Å². The van der Waals surface area contributed by atoms with Crippen LogP contribution in [0.1, 0.15) is 63.7 Å². The molecule has 0 amide bonds. The Hall–Kier alpha value is -0.580. The zero-order chi connectivity index (χ0) is 15.8. The normalized spacial score (nSPS) is 12.9. The molecule has 0 saturated carbocycles. The number of nitrogens with zero attached hydrogens (tertiary/aromatic N) is 1. The molecule has 0 bridgehead atoms. The van der Waals surface area contributed by atoms with Crippen LogP contribution in [0.4, 0.5) is 5.69 Å². The highest BCUT2D eigenvalue weighted by molar-refractivity contribution is 9.10. The average molecular weight is 357 g/mol. The summed E-state index contributed by atoms with van der Waals surface area (Å²) in [7, 11) is 0. The Bertz CT molecular complexity index is 427. The SMILES string of the molecule is CCCCN(CCCC)Cc1cc(C(C)O)cc(Br)c1N. The molecule has 1 rings (SSSR count). The second-order valence-electron chi connectivity index (χ2n) is 5.73. The number of nitrogens with two attached hydrogens (primary N) is 1. The highest BCUT2D eigenvalue weighted by Crippen LogP contribution is 2.29. The lowest BCUT2D eigenvalue weighted by molar-refractivity contribution is 0.199. The van der Waals surface area contributed by atoms with E-state index in [4.69, 9.17) is 5.73 Å². The van der Waals surface area contributed by atoms with Crippen molar-refractivity contribution in [2.75, 3.05) is 18.8 Å². The van der Waals surface area contributed by atoms with Gasteiger partial charge in [0.15, 0.2) is 0 Å². The van der Waals surface area contributed by atoms with Crippen molar-refractivity contribution in [3.63, 3.8) is 0 Å². The number of benzene rings is 1. The minimum atomic E-state index is -0.472. The maximum absolute atomic E-state index is 9.81. The van der Waals surface area contributed by atoms with Crippen LogP contribution in [0.5, 0.6) is 0 Å². The van der Waals surface area contributed by atoms with Crippen LogP contribution >= 0.6 is 15.9 Å². The first kappa shape index (κ1) is 18.5. The zero-order valence-corrected chi connectivity index (χ0v) is 15.1. The number of hydrogen-bond acceptors (Lipinski definition) is 3. The molecule has 0 radical (unpaired) electrons. The van der Waals surface area contributed by atoms with Gasteiger partial charge in [-0.3, -0.25) is 4.90 Å². The molecule has 1 aromatic carbocycles. The third-order valence-corrected chi connectivity index (χ3v) is 4.43. The van der Waals surface area contributed by atoms with Gasteiger partial charge in [-0.2, -0.15) is 0 Å². The van der Waals surface area contributed by atoms with Gasteiger partial charge in [0, 0.05) is 11.0 Å². The van der Waals surface area contributed by atoms with Crippen molar-refractivity contribution in [1.29, 1.82) is 0 Å². The van der Waals surface area contributed by atoms with Crippen molar-refractivity contribution >= 4 is 21.6 Å². The molecule has 3 N–H and O–H groups in total. The molecule has 120 valence electrons. The van der Waals surface area contributed by atoms with Crippen LogP contribution in [-0.2, 0) is 6.54 Å². The van der Waals surface area contributed by atoms with Gasteiger partial charge < -0.3 is 10.8 Å². The molecular weight excluding hydrogens is 328 g/mol. The molecule has 0 heterocycles. The predicted molar refractivity (Wildman–Crippen MR) is 94.3 cm³/mol. The predicted octanol–water partition coefficient (Wildman–Crippen LogP) is 4.49. The standard InChI is InChI=1S/C17H29BrN2O/c1-4-6-8-20(9-7-5-2)12-15-10-14(13(3)21)11-16(18)17(15)19/h10-11,13,21H,4-9,12,19H2,1-3H3. The summed E-state index contributed by atoms with van der Waals surface area (Å²) in [6.45, 7) is 9.28. The van der Waals surface area contributed by atoms with Crippen molar-refractivity contribution in [3.05, 3.63) is 27.7 Å². The number of unbranched alkanes of at least 4 members (excludes halogenated alkanes) is 2. The molecule has 3 nitrogen and oxygen atoms in total. The lowest BCUT2D eigenvalue weighted by Crippen LogP contribution is -2.26. The molecule has 0 spiro atoms. The summed E-state index contributed by atoms with van der Waals surface area (Å²) in [5, 5.41) is 9.81. The zero-order valence-electron chi connectivity index (χ0n) is 13.5. The first-order chi connectivity index (χ1) is 9.99. The van der Waals surface area contributed by atoms with Crippen molar-refractivity contribution in [1.82, 2.24) is 4.90 Å². The molecule has 0 aliphatic heterocycles. The van der Waals surface area contributed by atoms with Crippen LogP contribution in [-0.4, -0.2) is 23.1 Å². The van der Waals surface area contributed by atoms with Gasteiger partial charge in [0.05, 0.1) is 11.8 Å². The highest BCUT2D eigenvalue weighted by atomic mass is 79.9. The van der Waals surface area contributed by atoms with Crippen LogP contribution in [0.2, 0.25) is 0 Å². The topological polar surface area (TPSA) is 49.5 Å². The minimum Gasteiger partial charge on any atom is -0.398 e. The Balaban J connectivity index is 2.90. The van der Waals surface area contributed by atoms with E-state index in [1.807, 2.05) is 12.1 Å². The van der Waals surface area contributed by atoms with E-state index >= 15 is 0 Å². The molecule has 0 fully saturated rings. The van der Waals surface area contributed by atoms with E-state index in [0.717, 1.165) is 40.9 Å². The number of anilines is 1. The summed E-state index contributed by atoms with van der Waals surface area (Å²) in [5.41, 5.74) is 9.01. The van der Waals surface area contributed by atoms with Gasteiger partial charge in [0.25, 0.3) is 0 Å². The molecule has 0 saturated heterocycles. The molecule has 1 aromatic rings. The second kappa shape index (κ2) is 9.44. The van der Waals surface area contributed by atoms with Gasteiger partial charge in [-0.05, 0) is 72.0 Å². The number of halogens is 1. The quantitative estimate of drug-likeness (QED) is 0.641. The van der Waals surface area contributed by atoms with Gasteiger partial charge in [0.1, 0.15) is 0 Å². The third-order valence-electron chi connectivity index (χ3n) is 3.77. The van der Waals surface area contributed by atoms with E-state index in [-0.39, 0.29) is 0 Å². The number of hydrogen-bond donors (Lipinski definition) is 2. The molecule has 4 heteroatoms. The Morgan fingerprint density at radius 1 is 1.19 bits per heavy atom. The Kier molecular flexibility index (Phi) is 8.30. The number of aliphatic hydroxyl groups is 1. The van der Waals surface area contributed by atoms with Gasteiger partial charge >= 0.3 is 0 Å². The lowest BCUT2D eigenvalue weighted by atomic mass is 10.0. The van der Waals surface area contributed by atoms with E-state index in [1.54, 1.807) is 6.92 Å². The fraction of sp³-hybridized carbons (Fsp3) is 0.647. The minimum absolute atomic E-state index is 0.472. The monoisotopic (exact) mass is 356 g/mol.